The van der Waals surface area contributed by atoms with Crippen LogP contribution in [0.25, 0.3) is 6.08 Å². The van der Waals surface area contributed by atoms with Crippen LogP contribution in [-0.2, 0) is 9.59 Å². The highest BCUT2D eigenvalue weighted by Gasteiger charge is 2.18. The number of carbonyl (C=O) groups is 3. The van der Waals surface area contributed by atoms with Crippen molar-refractivity contribution in [1.29, 1.82) is 0 Å². The Morgan fingerprint density at radius 3 is 2.05 bits per heavy atom. The van der Waals surface area contributed by atoms with Gasteiger partial charge in [0, 0.05) is 21.2 Å². The number of carbonyl (C=O) groups excluding carboxylic acids is 3. The third-order valence-corrected chi connectivity index (χ3v) is 7.45. The Hall–Kier alpha value is -4.04. The summed E-state index contributed by atoms with van der Waals surface area (Å²) in [7, 11) is 0. The fourth-order valence-corrected chi connectivity index (χ4v) is 4.80. The molecule has 3 N–H and O–H groups in total. The van der Waals surface area contributed by atoms with E-state index < -0.39 is 17.1 Å². The quantitative estimate of drug-likeness (QED) is 0.139. The van der Waals surface area contributed by atoms with Crippen LogP contribution in [0.15, 0.2) is 114 Å². The summed E-state index contributed by atoms with van der Waals surface area (Å²) in [6.45, 7) is 1.80. The van der Waals surface area contributed by atoms with E-state index in [0.29, 0.717) is 32.5 Å². The van der Waals surface area contributed by atoms with Gasteiger partial charge < -0.3 is 16.0 Å². The second-order valence-electron chi connectivity index (χ2n) is 8.61. The van der Waals surface area contributed by atoms with Gasteiger partial charge in [-0.25, -0.2) is 0 Å². The molecule has 0 saturated heterocycles. The fraction of sp³-hybridized carbons (Fsp3) is 0.0645. The van der Waals surface area contributed by atoms with E-state index in [1.54, 1.807) is 110 Å². The first-order valence-corrected chi connectivity index (χ1v) is 13.9. The van der Waals surface area contributed by atoms with Gasteiger partial charge in [0.15, 0.2) is 0 Å². The molecule has 0 radical (unpaired) electrons. The van der Waals surface area contributed by atoms with Gasteiger partial charge in [-0.2, -0.15) is 0 Å². The summed E-state index contributed by atoms with van der Waals surface area (Å²) in [4.78, 5) is 39.5. The summed E-state index contributed by atoms with van der Waals surface area (Å²) >= 11 is 13.8. The zero-order valence-corrected chi connectivity index (χ0v) is 23.7. The van der Waals surface area contributed by atoms with E-state index in [0.717, 1.165) is 4.90 Å². The molecule has 0 aromatic heterocycles. The minimum Gasteiger partial charge on any atom is -0.324 e. The summed E-state index contributed by atoms with van der Waals surface area (Å²) in [5, 5.41) is 8.86. The van der Waals surface area contributed by atoms with Crippen LogP contribution in [0.2, 0.25) is 10.0 Å². The highest BCUT2D eigenvalue weighted by Crippen LogP contribution is 2.27. The van der Waals surface area contributed by atoms with E-state index in [1.807, 2.05) is 0 Å². The van der Waals surface area contributed by atoms with Crippen LogP contribution < -0.4 is 16.0 Å². The van der Waals surface area contributed by atoms with Gasteiger partial charge in [0.2, 0.25) is 5.91 Å². The number of halogens is 2. The van der Waals surface area contributed by atoms with Crippen LogP contribution in [0.3, 0.4) is 0 Å². The molecule has 3 amide bonds. The van der Waals surface area contributed by atoms with E-state index in [2.05, 4.69) is 16.0 Å². The fourth-order valence-electron chi connectivity index (χ4n) is 3.56. The van der Waals surface area contributed by atoms with Gasteiger partial charge in [-0.3, -0.25) is 14.4 Å². The lowest BCUT2D eigenvalue weighted by molar-refractivity contribution is -0.115. The van der Waals surface area contributed by atoms with Gasteiger partial charge in [-0.05, 0) is 73.2 Å². The molecule has 6 nitrogen and oxygen atoms in total. The third kappa shape index (κ3) is 7.99. The van der Waals surface area contributed by atoms with Crippen LogP contribution in [-0.4, -0.2) is 23.0 Å². The molecule has 0 aliphatic carbocycles. The predicted octanol–water partition coefficient (Wildman–Crippen LogP) is 7.52. The van der Waals surface area contributed by atoms with Gasteiger partial charge >= 0.3 is 0 Å². The van der Waals surface area contributed by atoms with Crippen molar-refractivity contribution in [3.8, 4) is 0 Å². The number of rotatable bonds is 9. The minimum atomic E-state index is -0.517. The maximum atomic E-state index is 13.2. The van der Waals surface area contributed by atoms with Crippen molar-refractivity contribution in [2.45, 2.75) is 17.1 Å². The van der Waals surface area contributed by atoms with E-state index in [-0.39, 0.29) is 11.6 Å². The van der Waals surface area contributed by atoms with Crippen molar-refractivity contribution in [2.75, 3.05) is 10.6 Å². The Labute approximate surface area is 246 Å². The van der Waals surface area contributed by atoms with Crippen LogP contribution in [0.5, 0.6) is 0 Å². The first-order valence-electron chi connectivity index (χ1n) is 12.3. The zero-order chi connectivity index (χ0) is 28.5. The van der Waals surface area contributed by atoms with Crippen molar-refractivity contribution in [3.05, 3.63) is 130 Å². The molecule has 0 saturated carbocycles. The Balaban J connectivity index is 1.44. The first kappa shape index (κ1) is 29.0. The smallest absolute Gasteiger partial charge is 0.272 e. The second-order valence-corrected chi connectivity index (χ2v) is 10.8. The monoisotopic (exact) mass is 589 g/mol. The molecule has 0 bridgehead atoms. The summed E-state index contributed by atoms with van der Waals surface area (Å²) in [5.41, 5.74) is 2.10. The SMILES string of the molecule is CC(Sc1ccc(NC(=O)/C(=C/c2ccccc2Cl)NC(=O)c2ccccc2)cc1)C(=O)Nc1ccccc1Cl. The molecule has 0 fully saturated rings. The predicted molar refractivity (Wildman–Crippen MR) is 164 cm³/mol. The largest absolute Gasteiger partial charge is 0.324 e. The van der Waals surface area contributed by atoms with Crippen molar-refractivity contribution in [2.24, 2.45) is 0 Å². The molecular formula is C31H25Cl2N3O3S. The molecule has 4 rings (SSSR count). The van der Waals surface area contributed by atoms with Crippen molar-refractivity contribution in [1.82, 2.24) is 5.32 Å². The molecule has 0 heterocycles. The molecule has 0 aliphatic heterocycles. The molecule has 1 unspecified atom stereocenters. The maximum absolute atomic E-state index is 13.2. The van der Waals surface area contributed by atoms with E-state index in [9.17, 15) is 14.4 Å². The minimum absolute atomic E-state index is 0.0327. The molecular weight excluding hydrogens is 565 g/mol. The number of benzene rings is 4. The first-order chi connectivity index (χ1) is 19.3. The number of thioether (sulfide) groups is 1. The lowest BCUT2D eigenvalue weighted by Gasteiger charge is -2.14. The molecule has 0 spiro atoms. The number of para-hydroxylation sites is 1. The number of nitrogens with one attached hydrogen (secondary N) is 3. The number of amides is 3. The zero-order valence-electron chi connectivity index (χ0n) is 21.4. The molecule has 9 heteroatoms. The lowest BCUT2D eigenvalue weighted by atomic mass is 10.1. The van der Waals surface area contributed by atoms with E-state index >= 15 is 0 Å². The summed E-state index contributed by atoms with van der Waals surface area (Å²) < 4.78 is 0. The normalized spacial score (nSPS) is 11.8. The van der Waals surface area contributed by atoms with Gasteiger partial charge in [0.25, 0.3) is 11.8 Å². The van der Waals surface area contributed by atoms with E-state index in [1.165, 1.54) is 17.8 Å². The third-order valence-electron chi connectivity index (χ3n) is 5.66. The molecule has 0 aliphatic rings. The molecule has 40 heavy (non-hydrogen) atoms. The lowest BCUT2D eigenvalue weighted by Crippen LogP contribution is -2.30. The van der Waals surface area contributed by atoms with Crippen LogP contribution >= 0.6 is 35.0 Å². The number of hydrogen-bond donors (Lipinski definition) is 3. The second kappa shape index (κ2) is 13.8. The van der Waals surface area contributed by atoms with Gasteiger partial charge in [-0.15, -0.1) is 11.8 Å². The van der Waals surface area contributed by atoms with Crippen molar-refractivity contribution >= 4 is 70.1 Å². The summed E-state index contributed by atoms with van der Waals surface area (Å²) in [6.07, 6.45) is 1.53. The van der Waals surface area contributed by atoms with Crippen molar-refractivity contribution in [3.63, 3.8) is 0 Å². The van der Waals surface area contributed by atoms with Crippen LogP contribution in [0.1, 0.15) is 22.8 Å². The standard InChI is InChI=1S/C31H25Cl2N3O3S/c1-20(29(37)35-27-14-8-7-13-26(27)33)40-24-17-15-23(16-18-24)34-31(39)28(19-22-11-5-6-12-25(22)32)36-30(38)21-9-3-2-4-10-21/h2-20H,1H3,(H,34,39)(H,35,37)(H,36,38)/b28-19-. The van der Waals surface area contributed by atoms with Gasteiger partial charge in [0.1, 0.15) is 5.70 Å². The highest BCUT2D eigenvalue weighted by molar-refractivity contribution is 8.00. The van der Waals surface area contributed by atoms with Gasteiger partial charge in [0.05, 0.1) is 16.0 Å². The average molecular weight is 591 g/mol. The topological polar surface area (TPSA) is 87.3 Å². The molecule has 202 valence electrons. The van der Waals surface area contributed by atoms with Crippen LogP contribution in [0.4, 0.5) is 11.4 Å². The number of hydrogen-bond acceptors (Lipinski definition) is 4. The molecule has 4 aromatic carbocycles. The van der Waals surface area contributed by atoms with E-state index in [4.69, 9.17) is 23.2 Å². The number of anilines is 2. The Bertz CT molecular complexity index is 1540. The molecule has 1 atom stereocenters. The highest BCUT2D eigenvalue weighted by atomic mass is 35.5. The Morgan fingerprint density at radius 1 is 0.750 bits per heavy atom. The summed E-state index contributed by atoms with van der Waals surface area (Å²) in [6, 6.07) is 29.7. The maximum Gasteiger partial charge on any atom is 0.272 e. The van der Waals surface area contributed by atoms with Gasteiger partial charge in [-0.1, -0.05) is 71.7 Å². The van der Waals surface area contributed by atoms with Crippen molar-refractivity contribution < 1.29 is 14.4 Å². The van der Waals surface area contributed by atoms with Crippen LogP contribution in [0, 0.1) is 0 Å². The Morgan fingerprint density at radius 2 is 1.38 bits per heavy atom. The molecule has 4 aromatic rings. The average Bonchev–Trinajstić information content (AvgIpc) is 2.96. The Kier molecular flexibility index (Phi) is 10.0. The summed E-state index contributed by atoms with van der Waals surface area (Å²) in [5.74, 6) is -1.12.